The fraction of sp³-hybridized carbons (Fsp3) is 0.615. The maximum atomic E-state index is 13.6. The first-order valence-electron chi connectivity index (χ1n) is 6.18. The lowest BCUT2D eigenvalue weighted by Gasteiger charge is -2.24. The van der Waals surface area contributed by atoms with E-state index in [1.54, 1.807) is 0 Å². The van der Waals surface area contributed by atoms with Gasteiger partial charge in [0.15, 0.2) is 17.5 Å². The Bertz CT molecular complexity index is 408. The van der Waals surface area contributed by atoms with Gasteiger partial charge >= 0.3 is 0 Å². The molecule has 0 aliphatic rings. The largest absolute Gasteiger partial charge is 0.470 e. The number of pyridine rings is 1. The molecule has 0 aliphatic carbocycles. The fourth-order valence-corrected chi connectivity index (χ4v) is 1.22. The molecule has 1 heterocycles. The smallest absolute Gasteiger partial charge is 0.253 e. The van der Waals surface area contributed by atoms with Gasteiger partial charge in [-0.25, -0.2) is 8.78 Å². The Labute approximate surface area is 107 Å². The Balaban J connectivity index is 2.97. The van der Waals surface area contributed by atoms with Gasteiger partial charge in [0.05, 0.1) is 0 Å². The van der Waals surface area contributed by atoms with Crippen LogP contribution >= 0.6 is 0 Å². The molecule has 0 unspecified atom stereocenters. The zero-order valence-corrected chi connectivity index (χ0v) is 11.3. The SMILES string of the molecule is CCCNc1nc(OC(C)(C)CC)c(F)cc1F. The second-order valence-corrected chi connectivity index (χ2v) is 4.75. The van der Waals surface area contributed by atoms with E-state index in [0.717, 1.165) is 12.5 Å². The molecule has 102 valence electrons. The molecule has 0 aromatic carbocycles. The van der Waals surface area contributed by atoms with Crippen LogP contribution in [0.15, 0.2) is 6.07 Å². The van der Waals surface area contributed by atoms with E-state index in [9.17, 15) is 8.78 Å². The fourth-order valence-electron chi connectivity index (χ4n) is 1.22. The summed E-state index contributed by atoms with van der Waals surface area (Å²) in [4.78, 5) is 3.86. The molecule has 18 heavy (non-hydrogen) atoms. The Morgan fingerprint density at radius 3 is 2.50 bits per heavy atom. The summed E-state index contributed by atoms with van der Waals surface area (Å²) in [5, 5.41) is 2.80. The second kappa shape index (κ2) is 5.98. The lowest BCUT2D eigenvalue weighted by molar-refractivity contribution is 0.0929. The Kier molecular flexibility index (Phi) is 4.87. The Morgan fingerprint density at radius 2 is 1.94 bits per heavy atom. The molecule has 1 rings (SSSR count). The quantitative estimate of drug-likeness (QED) is 0.843. The number of nitrogens with zero attached hydrogens (tertiary/aromatic N) is 1. The molecule has 0 fully saturated rings. The third kappa shape index (κ3) is 3.82. The zero-order valence-electron chi connectivity index (χ0n) is 11.3. The van der Waals surface area contributed by atoms with Gasteiger partial charge in [-0.3, -0.25) is 0 Å². The van der Waals surface area contributed by atoms with Crippen molar-refractivity contribution in [1.82, 2.24) is 4.98 Å². The standard InChI is InChI=1S/C13H20F2N2O/c1-5-7-16-11-9(14)8-10(15)12(17-11)18-13(3,4)6-2/h8H,5-7H2,1-4H3,(H,16,17). The van der Waals surface area contributed by atoms with Crippen LogP contribution in [-0.4, -0.2) is 17.1 Å². The Hall–Kier alpha value is -1.39. The third-order valence-electron chi connectivity index (χ3n) is 2.66. The summed E-state index contributed by atoms with van der Waals surface area (Å²) in [6.07, 6.45) is 1.53. The molecule has 0 bridgehead atoms. The summed E-state index contributed by atoms with van der Waals surface area (Å²) >= 11 is 0. The van der Waals surface area contributed by atoms with Crippen LogP contribution in [-0.2, 0) is 0 Å². The molecule has 1 aromatic rings. The number of aromatic nitrogens is 1. The molecule has 1 N–H and O–H groups in total. The molecule has 0 radical (unpaired) electrons. The van der Waals surface area contributed by atoms with Crippen LogP contribution in [0.4, 0.5) is 14.6 Å². The first-order chi connectivity index (χ1) is 8.39. The van der Waals surface area contributed by atoms with E-state index >= 15 is 0 Å². The second-order valence-electron chi connectivity index (χ2n) is 4.75. The highest BCUT2D eigenvalue weighted by Gasteiger charge is 2.21. The number of hydrogen-bond donors (Lipinski definition) is 1. The van der Waals surface area contributed by atoms with Crippen molar-refractivity contribution in [2.24, 2.45) is 0 Å². The maximum Gasteiger partial charge on any atom is 0.253 e. The van der Waals surface area contributed by atoms with Gasteiger partial charge < -0.3 is 10.1 Å². The summed E-state index contributed by atoms with van der Waals surface area (Å²) < 4.78 is 32.5. The molecule has 1 aromatic heterocycles. The summed E-state index contributed by atoms with van der Waals surface area (Å²) in [5.41, 5.74) is -0.534. The lowest BCUT2D eigenvalue weighted by Crippen LogP contribution is -2.28. The number of hydrogen-bond acceptors (Lipinski definition) is 3. The number of ether oxygens (including phenoxy) is 1. The van der Waals surface area contributed by atoms with Gasteiger partial charge in [-0.2, -0.15) is 4.98 Å². The summed E-state index contributed by atoms with van der Waals surface area (Å²) in [7, 11) is 0. The van der Waals surface area contributed by atoms with Crippen molar-refractivity contribution in [3.63, 3.8) is 0 Å². The van der Waals surface area contributed by atoms with E-state index in [1.165, 1.54) is 0 Å². The van der Waals surface area contributed by atoms with E-state index in [1.807, 2.05) is 27.7 Å². The van der Waals surface area contributed by atoms with Crippen molar-refractivity contribution in [2.45, 2.75) is 46.1 Å². The van der Waals surface area contributed by atoms with Gasteiger partial charge in [-0.05, 0) is 26.7 Å². The van der Waals surface area contributed by atoms with E-state index in [-0.39, 0.29) is 11.7 Å². The van der Waals surface area contributed by atoms with E-state index in [4.69, 9.17) is 4.74 Å². The van der Waals surface area contributed by atoms with Crippen LogP contribution < -0.4 is 10.1 Å². The molecule has 3 nitrogen and oxygen atoms in total. The molecule has 0 spiro atoms. The highest BCUT2D eigenvalue weighted by molar-refractivity contribution is 5.39. The first-order valence-corrected chi connectivity index (χ1v) is 6.18. The average Bonchev–Trinajstić information content (AvgIpc) is 2.31. The number of nitrogens with one attached hydrogen (secondary N) is 1. The number of anilines is 1. The summed E-state index contributed by atoms with van der Waals surface area (Å²) in [6, 6.07) is 0.798. The predicted octanol–water partition coefficient (Wildman–Crippen LogP) is 3.75. The summed E-state index contributed by atoms with van der Waals surface area (Å²) in [6.45, 7) is 8.11. The lowest BCUT2D eigenvalue weighted by atomic mass is 10.1. The van der Waals surface area contributed by atoms with Crippen molar-refractivity contribution in [3.8, 4) is 5.88 Å². The topological polar surface area (TPSA) is 34.2 Å². The molecular formula is C13H20F2N2O. The summed E-state index contributed by atoms with van der Waals surface area (Å²) in [5.74, 6) is -1.62. The molecule has 0 amide bonds. The number of halogens is 2. The maximum absolute atomic E-state index is 13.6. The van der Waals surface area contributed by atoms with Crippen LogP contribution in [0, 0.1) is 11.6 Å². The van der Waals surface area contributed by atoms with E-state index in [2.05, 4.69) is 10.3 Å². The van der Waals surface area contributed by atoms with Gasteiger partial charge in [0, 0.05) is 12.6 Å². The van der Waals surface area contributed by atoms with E-state index in [0.29, 0.717) is 13.0 Å². The van der Waals surface area contributed by atoms with Crippen LogP contribution in [0.1, 0.15) is 40.5 Å². The van der Waals surface area contributed by atoms with Gasteiger partial charge in [-0.1, -0.05) is 13.8 Å². The zero-order chi connectivity index (χ0) is 13.8. The van der Waals surface area contributed by atoms with Crippen molar-refractivity contribution in [3.05, 3.63) is 17.7 Å². The highest BCUT2D eigenvalue weighted by atomic mass is 19.1. The Morgan fingerprint density at radius 1 is 1.28 bits per heavy atom. The van der Waals surface area contributed by atoms with Crippen molar-refractivity contribution in [1.29, 1.82) is 0 Å². The van der Waals surface area contributed by atoms with Crippen LogP contribution in [0.2, 0.25) is 0 Å². The molecule has 0 atom stereocenters. The average molecular weight is 258 g/mol. The normalized spacial score (nSPS) is 11.4. The molecule has 0 saturated heterocycles. The molecule has 5 heteroatoms. The minimum absolute atomic E-state index is 0.0279. The van der Waals surface area contributed by atoms with Crippen LogP contribution in [0.3, 0.4) is 0 Å². The van der Waals surface area contributed by atoms with Crippen molar-refractivity contribution in [2.75, 3.05) is 11.9 Å². The first kappa shape index (κ1) is 14.7. The monoisotopic (exact) mass is 258 g/mol. The van der Waals surface area contributed by atoms with Crippen molar-refractivity contribution >= 4 is 5.82 Å². The predicted molar refractivity (Wildman–Crippen MR) is 67.9 cm³/mol. The van der Waals surface area contributed by atoms with Crippen LogP contribution in [0.25, 0.3) is 0 Å². The van der Waals surface area contributed by atoms with Gasteiger partial charge in [0.2, 0.25) is 0 Å². The van der Waals surface area contributed by atoms with E-state index < -0.39 is 17.2 Å². The minimum Gasteiger partial charge on any atom is -0.470 e. The molecule has 0 aliphatic heterocycles. The van der Waals surface area contributed by atoms with Crippen molar-refractivity contribution < 1.29 is 13.5 Å². The van der Waals surface area contributed by atoms with Gasteiger partial charge in [-0.15, -0.1) is 0 Å². The van der Waals surface area contributed by atoms with Gasteiger partial charge in [0.25, 0.3) is 5.88 Å². The van der Waals surface area contributed by atoms with Gasteiger partial charge in [0.1, 0.15) is 5.60 Å². The molecule has 0 saturated carbocycles. The highest BCUT2D eigenvalue weighted by Crippen LogP contribution is 2.25. The van der Waals surface area contributed by atoms with Crippen LogP contribution in [0.5, 0.6) is 5.88 Å². The minimum atomic E-state index is -0.781. The number of rotatable bonds is 6. The molecular weight excluding hydrogens is 238 g/mol. The third-order valence-corrected chi connectivity index (χ3v) is 2.66.